The van der Waals surface area contributed by atoms with E-state index in [1.165, 1.54) is 28.8 Å². The quantitative estimate of drug-likeness (QED) is 0.288. The van der Waals surface area contributed by atoms with Crippen LogP contribution in [0, 0.1) is 5.82 Å². The van der Waals surface area contributed by atoms with Crippen molar-refractivity contribution < 1.29 is 29.3 Å². The zero-order valence-electron chi connectivity index (χ0n) is 20.9. The molecule has 4 N–H and O–H groups in total. The van der Waals surface area contributed by atoms with Gasteiger partial charge in [0.15, 0.2) is 6.04 Å². The van der Waals surface area contributed by atoms with Crippen LogP contribution in [0.25, 0.3) is 11.4 Å². The van der Waals surface area contributed by atoms with Crippen molar-refractivity contribution in [3.63, 3.8) is 0 Å². The van der Waals surface area contributed by atoms with E-state index < -0.39 is 35.9 Å². The highest BCUT2D eigenvalue weighted by atomic mass is 35.5. The standard InChI is InChI=1S/C27H31ClFN3O5/c1-4-20(33)13-21(34)24(27(36)37)32-23(15(2)3)22(31-25(32)17-8-10-19(29)11-9-17)26(35)30-14-16-6-5-7-18(28)12-16/h5-12,15,20-21,24,33-34H,4,13-14H2,1-3H3,(H,30,35)(H,36,37). The van der Waals surface area contributed by atoms with E-state index in [9.17, 15) is 29.3 Å². The van der Waals surface area contributed by atoms with Gasteiger partial charge < -0.3 is 25.2 Å². The van der Waals surface area contributed by atoms with Gasteiger partial charge in [-0.05, 0) is 54.3 Å². The third-order valence-corrected chi connectivity index (χ3v) is 6.27. The summed E-state index contributed by atoms with van der Waals surface area (Å²) < 4.78 is 15.0. The molecule has 10 heteroatoms. The average molecular weight is 532 g/mol. The maximum atomic E-state index is 13.7. The SMILES string of the molecule is CCC(O)CC(O)C(C(=O)O)n1c(-c2ccc(F)cc2)nc(C(=O)NCc2cccc(Cl)c2)c1C(C)C. The van der Waals surface area contributed by atoms with E-state index in [-0.39, 0.29) is 30.4 Å². The van der Waals surface area contributed by atoms with Gasteiger partial charge in [0, 0.05) is 23.6 Å². The van der Waals surface area contributed by atoms with Crippen LogP contribution in [0.1, 0.15) is 67.3 Å². The lowest BCUT2D eigenvalue weighted by molar-refractivity contribution is -0.145. The van der Waals surface area contributed by atoms with Crippen molar-refractivity contribution >= 4 is 23.5 Å². The van der Waals surface area contributed by atoms with Crippen LogP contribution in [0.2, 0.25) is 5.02 Å². The molecule has 0 aliphatic rings. The number of aliphatic hydroxyl groups is 2. The molecule has 0 saturated heterocycles. The molecule has 37 heavy (non-hydrogen) atoms. The molecule has 0 saturated carbocycles. The van der Waals surface area contributed by atoms with Crippen LogP contribution >= 0.6 is 11.6 Å². The summed E-state index contributed by atoms with van der Waals surface area (Å²) in [4.78, 5) is 30.3. The fourth-order valence-corrected chi connectivity index (χ4v) is 4.40. The predicted octanol–water partition coefficient (Wildman–Crippen LogP) is 4.54. The van der Waals surface area contributed by atoms with Gasteiger partial charge in [-0.3, -0.25) is 4.79 Å². The molecule has 0 bridgehead atoms. The molecule has 1 aromatic heterocycles. The Hall–Kier alpha value is -3.27. The number of carboxylic acid groups (broad SMARTS) is 1. The number of rotatable bonds is 11. The monoisotopic (exact) mass is 531 g/mol. The van der Waals surface area contributed by atoms with Crippen LogP contribution in [0.5, 0.6) is 0 Å². The molecule has 1 amide bonds. The molecule has 3 atom stereocenters. The summed E-state index contributed by atoms with van der Waals surface area (Å²) >= 11 is 6.04. The second-order valence-corrected chi connectivity index (χ2v) is 9.60. The Bertz CT molecular complexity index is 1250. The highest BCUT2D eigenvalue weighted by Gasteiger charge is 2.37. The van der Waals surface area contributed by atoms with Crippen molar-refractivity contribution in [2.75, 3.05) is 0 Å². The number of aliphatic hydroxyl groups excluding tert-OH is 2. The lowest BCUT2D eigenvalue weighted by Gasteiger charge is -2.27. The topological polar surface area (TPSA) is 125 Å². The van der Waals surface area contributed by atoms with Gasteiger partial charge in [-0.1, -0.05) is 44.5 Å². The first kappa shape index (κ1) is 28.3. The Labute approximate surface area is 219 Å². The van der Waals surface area contributed by atoms with E-state index in [0.29, 0.717) is 22.7 Å². The molecule has 8 nitrogen and oxygen atoms in total. The Morgan fingerprint density at radius 2 is 1.81 bits per heavy atom. The maximum Gasteiger partial charge on any atom is 0.329 e. The molecule has 0 radical (unpaired) electrons. The maximum absolute atomic E-state index is 13.7. The molecule has 198 valence electrons. The van der Waals surface area contributed by atoms with Crippen molar-refractivity contribution in [3.8, 4) is 11.4 Å². The van der Waals surface area contributed by atoms with Crippen molar-refractivity contribution in [2.24, 2.45) is 0 Å². The summed E-state index contributed by atoms with van der Waals surface area (Å²) in [5, 5.41) is 34.5. The normalized spacial score (nSPS) is 13.8. The minimum Gasteiger partial charge on any atom is -0.480 e. The molecule has 0 fully saturated rings. The summed E-state index contributed by atoms with van der Waals surface area (Å²) in [5.74, 6) is -2.68. The molecule has 3 unspecified atom stereocenters. The van der Waals surface area contributed by atoms with Gasteiger partial charge in [0.05, 0.1) is 17.9 Å². The van der Waals surface area contributed by atoms with Gasteiger partial charge >= 0.3 is 5.97 Å². The van der Waals surface area contributed by atoms with Crippen molar-refractivity contribution in [3.05, 3.63) is 76.3 Å². The molecule has 2 aromatic carbocycles. The molecule has 3 rings (SSSR count). The van der Waals surface area contributed by atoms with Crippen molar-refractivity contribution in [2.45, 2.75) is 64.3 Å². The van der Waals surface area contributed by atoms with Gasteiger partial charge in [0.1, 0.15) is 17.3 Å². The molecule has 1 heterocycles. The minimum absolute atomic E-state index is 0.00848. The Balaban J connectivity index is 2.15. The van der Waals surface area contributed by atoms with Gasteiger partial charge in [-0.2, -0.15) is 0 Å². The number of carbonyl (C=O) groups is 2. The largest absolute Gasteiger partial charge is 0.480 e. The number of hydrogen-bond donors (Lipinski definition) is 4. The molecule has 0 aliphatic heterocycles. The van der Waals surface area contributed by atoms with E-state index in [1.54, 1.807) is 45.0 Å². The molecular weight excluding hydrogens is 501 g/mol. The number of nitrogens with zero attached hydrogens (tertiary/aromatic N) is 2. The Morgan fingerprint density at radius 1 is 1.14 bits per heavy atom. The molecule has 0 spiro atoms. The fraction of sp³-hybridized carbons (Fsp3) is 0.370. The van der Waals surface area contributed by atoms with Crippen LogP contribution in [-0.4, -0.2) is 49.0 Å². The number of benzene rings is 2. The van der Waals surface area contributed by atoms with Crippen molar-refractivity contribution in [1.29, 1.82) is 0 Å². The fourth-order valence-electron chi connectivity index (χ4n) is 4.18. The third-order valence-electron chi connectivity index (χ3n) is 6.03. The number of imidazole rings is 1. The summed E-state index contributed by atoms with van der Waals surface area (Å²) in [6, 6.07) is 10.7. The van der Waals surface area contributed by atoms with Gasteiger partial charge in [-0.25, -0.2) is 14.2 Å². The number of carbonyl (C=O) groups excluding carboxylic acids is 1. The van der Waals surface area contributed by atoms with Crippen LogP contribution < -0.4 is 5.32 Å². The average Bonchev–Trinajstić information content (AvgIpc) is 3.23. The van der Waals surface area contributed by atoms with Crippen LogP contribution in [0.3, 0.4) is 0 Å². The number of aliphatic carboxylic acids is 1. The van der Waals surface area contributed by atoms with Gasteiger partial charge in [0.2, 0.25) is 0 Å². The van der Waals surface area contributed by atoms with E-state index in [1.807, 2.05) is 0 Å². The first-order valence-corrected chi connectivity index (χ1v) is 12.4. The van der Waals surface area contributed by atoms with Gasteiger partial charge in [-0.15, -0.1) is 0 Å². The lowest BCUT2D eigenvalue weighted by Crippen LogP contribution is -2.35. The molecule has 0 aliphatic carbocycles. The first-order valence-electron chi connectivity index (χ1n) is 12.0. The Morgan fingerprint density at radius 3 is 2.38 bits per heavy atom. The molecular formula is C27H31ClFN3O5. The van der Waals surface area contributed by atoms with E-state index in [0.717, 1.165) is 5.56 Å². The predicted molar refractivity (Wildman–Crippen MR) is 138 cm³/mol. The number of aromatic nitrogens is 2. The van der Waals surface area contributed by atoms with E-state index in [2.05, 4.69) is 10.3 Å². The Kier molecular flexibility index (Phi) is 9.42. The number of halogens is 2. The zero-order valence-corrected chi connectivity index (χ0v) is 21.6. The number of nitrogens with one attached hydrogen (secondary N) is 1. The van der Waals surface area contributed by atoms with Crippen LogP contribution in [-0.2, 0) is 11.3 Å². The zero-order chi connectivity index (χ0) is 27.3. The lowest BCUT2D eigenvalue weighted by atomic mass is 10.00. The number of amides is 1. The number of hydrogen-bond acceptors (Lipinski definition) is 5. The summed E-state index contributed by atoms with van der Waals surface area (Å²) in [6.07, 6.45) is -2.27. The van der Waals surface area contributed by atoms with Gasteiger partial charge in [0.25, 0.3) is 5.91 Å². The second-order valence-electron chi connectivity index (χ2n) is 9.16. The van der Waals surface area contributed by atoms with Crippen molar-refractivity contribution in [1.82, 2.24) is 14.9 Å². The first-order chi connectivity index (χ1) is 17.5. The van der Waals surface area contributed by atoms with E-state index >= 15 is 0 Å². The highest BCUT2D eigenvalue weighted by molar-refractivity contribution is 6.30. The molecule has 3 aromatic rings. The van der Waals surface area contributed by atoms with Crippen LogP contribution in [0.4, 0.5) is 4.39 Å². The highest BCUT2D eigenvalue weighted by Crippen LogP contribution is 2.34. The summed E-state index contributed by atoms with van der Waals surface area (Å²) in [6.45, 7) is 5.43. The number of carboxylic acids is 1. The summed E-state index contributed by atoms with van der Waals surface area (Å²) in [7, 11) is 0. The minimum atomic E-state index is -1.55. The summed E-state index contributed by atoms with van der Waals surface area (Å²) in [5.41, 5.74) is 1.41. The van der Waals surface area contributed by atoms with Crippen LogP contribution in [0.15, 0.2) is 48.5 Å². The third kappa shape index (κ3) is 6.74. The smallest absolute Gasteiger partial charge is 0.329 e. The van der Waals surface area contributed by atoms with E-state index in [4.69, 9.17) is 11.6 Å². The second kappa shape index (κ2) is 12.3.